The van der Waals surface area contributed by atoms with Crippen LogP contribution in [0.2, 0.25) is 0 Å². The van der Waals surface area contributed by atoms with Crippen LogP contribution < -0.4 is 10.6 Å². The summed E-state index contributed by atoms with van der Waals surface area (Å²) in [6.07, 6.45) is 0. The maximum absolute atomic E-state index is 11.5. The number of nitriles is 1. The minimum Gasteiger partial charge on any atom is -0.339 e. The quantitative estimate of drug-likeness (QED) is 0.899. The molecule has 2 N–H and O–H groups in total. The van der Waals surface area contributed by atoms with Crippen LogP contribution in [0.1, 0.15) is 19.4 Å². The molecule has 2 rings (SSSR count). The van der Waals surface area contributed by atoms with Gasteiger partial charge in [0, 0.05) is 11.6 Å². The number of anilines is 3. The van der Waals surface area contributed by atoms with Crippen LogP contribution in [-0.4, -0.2) is 16.1 Å². The topological polar surface area (TPSA) is 90.7 Å². The number of rotatable bonds is 4. The van der Waals surface area contributed by atoms with E-state index in [-0.39, 0.29) is 11.8 Å². The van der Waals surface area contributed by atoms with Crippen molar-refractivity contribution in [1.29, 1.82) is 5.26 Å². The summed E-state index contributed by atoms with van der Waals surface area (Å²) in [5.74, 6) is 0.725. The van der Waals surface area contributed by atoms with Gasteiger partial charge in [0.1, 0.15) is 0 Å². The van der Waals surface area contributed by atoms with Gasteiger partial charge in [-0.05, 0) is 30.3 Å². The second kappa shape index (κ2) is 6.48. The highest BCUT2D eigenvalue weighted by atomic mass is 16.1. The fourth-order valence-electron chi connectivity index (χ4n) is 1.55. The van der Waals surface area contributed by atoms with E-state index in [1.807, 2.05) is 6.07 Å². The van der Waals surface area contributed by atoms with E-state index in [2.05, 4.69) is 26.9 Å². The molecule has 0 aliphatic carbocycles. The summed E-state index contributed by atoms with van der Waals surface area (Å²) in [6.45, 7) is 3.61. The first-order valence-electron chi connectivity index (χ1n) is 6.50. The van der Waals surface area contributed by atoms with Gasteiger partial charge in [-0.3, -0.25) is 4.79 Å². The van der Waals surface area contributed by atoms with Crippen LogP contribution in [0.5, 0.6) is 0 Å². The lowest BCUT2D eigenvalue weighted by Gasteiger charge is -2.08. The molecule has 0 saturated carbocycles. The third-order valence-corrected chi connectivity index (χ3v) is 2.70. The zero-order valence-electron chi connectivity index (χ0n) is 11.8. The molecule has 1 heterocycles. The normalized spacial score (nSPS) is 10.0. The SMILES string of the molecule is CC(C)C(=O)Nc1ccc(Nc2cccc(C#N)c2)nn1. The van der Waals surface area contributed by atoms with Gasteiger partial charge in [-0.1, -0.05) is 19.9 Å². The van der Waals surface area contributed by atoms with Gasteiger partial charge in [-0.2, -0.15) is 5.26 Å². The second-order valence-electron chi connectivity index (χ2n) is 4.77. The first-order chi connectivity index (χ1) is 10.1. The Morgan fingerprint density at radius 3 is 2.52 bits per heavy atom. The van der Waals surface area contributed by atoms with Crippen molar-refractivity contribution >= 4 is 23.2 Å². The number of carbonyl (C=O) groups is 1. The molecule has 1 aromatic heterocycles. The van der Waals surface area contributed by atoms with E-state index in [1.54, 1.807) is 44.2 Å². The molecular formula is C15H15N5O. The minimum absolute atomic E-state index is 0.105. The van der Waals surface area contributed by atoms with Crippen molar-refractivity contribution in [3.05, 3.63) is 42.0 Å². The van der Waals surface area contributed by atoms with Crippen LogP contribution >= 0.6 is 0 Å². The third-order valence-electron chi connectivity index (χ3n) is 2.70. The number of hydrogen-bond donors (Lipinski definition) is 2. The number of benzene rings is 1. The highest BCUT2D eigenvalue weighted by molar-refractivity contribution is 5.91. The Balaban J connectivity index is 2.05. The van der Waals surface area contributed by atoms with Crippen molar-refractivity contribution in [3.63, 3.8) is 0 Å². The summed E-state index contributed by atoms with van der Waals surface area (Å²) < 4.78 is 0. The lowest BCUT2D eigenvalue weighted by atomic mass is 10.2. The molecule has 0 atom stereocenters. The van der Waals surface area contributed by atoms with Crippen LogP contribution in [0, 0.1) is 17.2 Å². The zero-order valence-corrected chi connectivity index (χ0v) is 11.8. The summed E-state index contributed by atoms with van der Waals surface area (Å²) >= 11 is 0. The Kier molecular flexibility index (Phi) is 4.46. The van der Waals surface area contributed by atoms with Crippen molar-refractivity contribution in [2.24, 2.45) is 5.92 Å². The van der Waals surface area contributed by atoms with Crippen LogP contribution in [0.4, 0.5) is 17.3 Å². The summed E-state index contributed by atoms with van der Waals surface area (Å²) in [4.78, 5) is 11.5. The first kappa shape index (κ1) is 14.5. The van der Waals surface area contributed by atoms with Crippen LogP contribution in [-0.2, 0) is 4.79 Å². The number of aromatic nitrogens is 2. The summed E-state index contributed by atoms with van der Waals surface area (Å²) in [5.41, 5.74) is 1.32. The second-order valence-corrected chi connectivity index (χ2v) is 4.77. The third kappa shape index (κ3) is 4.01. The summed E-state index contributed by atoms with van der Waals surface area (Å²) in [5, 5.41) is 22.5. The highest BCUT2D eigenvalue weighted by Crippen LogP contribution is 2.16. The van der Waals surface area contributed by atoms with E-state index in [0.717, 1.165) is 5.69 Å². The predicted octanol–water partition coefficient (Wildman–Crippen LogP) is 2.69. The Labute approximate surface area is 122 Å². The molecule has 1 amide bonds. The molecule has 6 heteroatoms. The maximum atomic E-state index is 11.5. The van der Waals surface area contributed by atoms with Gasteiger partial charge in [0.2, 0.25) is 5.91 Å². The number of nitrogens with zero attached hydrogens (tertiary/aromatic N) is 3. The smallest absolute Gasteiger partial charge is 0.228 e. The summed E-state index contributed by atoms with van der Waals surface area (Å²) in [6, 6.07) is 12.5. The van der Waals surface area contributed by atoms with E-state index >= 15 is 0 Å². The van der Waals surface area contributed by atoms with Crippen molar-refractivity contribution in [3.8, 4) is 6.07 Å². The van der Waals surface area contributed by atoms with Crippen molar-refractivity contribution in [2.75, 3.05) is 10.6 Å². The number of amides is 1. The molecule has 0 unspecified atom stereocenters. The molecule has 0 radical (unpaired) electrons. The van der Waals surface area contributed by atoms with E-state index in [4.69, 9.17) is 5.26 Å². The average molecular weight is 281 g/mol. The van der Waals surface area contributed by atoms with E-state index in [9.17, 15) is 4.79 Å². The van der Waals surface area contributed by atoms with Gasteiger partial charge in [0.25, 0.3) is 0 Å². The predicted molar refractivity (Wildman–Crippen MR) is 79.9 cm³/mol. The molecule has 1 aromatic carbocycles. The standard InChI is InChI=1S/C15H15N5O/c1-10(2)15(21)18-14-7-6-13(19-20-14)17-12-5-3-4-11(8-12)9-16/h3-8,10H,1-2H3,(H,17,19)(H,18,20,21). The molecule has 2 aromatic rings. The Morgan fingerprint density at radius 1 is 1.19 bits per heavy atom. The molecule has 21 heavy (non-hydrogen) atoms. The number of carbonyl (C=O) groups excluding carboxylic acids is 1. The fraction of sp³-hybridized carbons (Fsp3) is 0.200. The molecule has 6 nitrogen and oxygen atoms in total. The van der Waals surface area contributed by atoms with Crippen LogP contribution in [0.3, 0.4) is 0 Å². The molecule has 0 spiro atoms. The highest BCUT2D eigenvalue weighted by Gasteiger charge is 2.08. The van der Waals surface area contributed by atoms with Gasteiger partial charge in [-0.25, -0.2) is 0 Å². The minimum atomic E-state index is -0.113. The number of nitrogens with one attached hydrogen (secondary N) is 2. The molecule has 0 aliphatic heterocycles. The van der Waals surface area contributed by atoms with Crippen LogP contribution in [0.15, 0.2) is 36.4 Å². The fourth-order valence-corrected chi connectivity index (χ4v) is 1.55. The Morgan fingerprint density at radius 2 is 1.90 bits per heavy atom. The zero-order chi connectivity index (χ0) is 15.2. The number of hydrogen-bond acceptors (Lipinski definition) is 5. The molecule has 0 aliphatic rings. The average Bonchev–Trinajstić information content (AvgIpc) is 2.49. The maximum Gasteiger partial charge on any atom is 0.228 e. The molecule has 0 bridgehead atoms. The molecule has 0 saturated heterocycles. The Hall–Kier alpha value is -2.94. The van der Waals surface area contributed by atoms with E-state index in [1.165, 1.54) is 0 Å². The van der Waals surface area contributed by atoms with Gasteiger partial charge in [-0.15, -0.1) is 10.2 Å². The molecular weight excluding hydrogens is 266 g/mol. The lowest BCUT2D eigenvalue weighted by molar-refractivity contribution is -0.118. The van der Waals surface area contributed by atoms with Gasteiger partial charge >= 0.3 is 0 Å². The first-order valence-corrected chi connectivity index (χ1v) is 6.50. The largest absolute Gasteiger partial charge is 0.339 e. The summed E-state index contributed by atoms with van der Waals surface area (Å²) in [7, 11) is 0. The van der Waals surface area contributed by atoms with Crippen molar-refractivity contribution < 1.29 is 4.79 Å². The van der Waals surface area contributed by atoms with E-state index < -0.39 is 0 Å². The Bertz CT molecular complexity index is 673. The lowest BCUT2D eigenvalue weighted by Crippen LogP contribution is -2.18. The van der Waals surface area contributed by atoms with Crippen molar-refractivity contribution in [1.82, 2.24) is 10.2 Å². The van der Waals surface area contributed by atoms with Crippen LogP contribution in [0.25, 0.3) is 0 Å². The van der Waals surface area contributed by atoms with E-state index in [0.29, 0.717) is 17.2 Å². The molecule has 0 fully saturated rings. The van der Waals surface area contributed by atoms with Crippen molar-refractivity contribution in [2.45, 2.75) is 13.8 Å². The van der Waals surface area contributed by atoms with Gasteiger partial charge in [0.15, 0.2) is 11.6 Å². The van der Waals surface area contributed by atoms with Gasteiger partial charge in [0.05, 0.1) is 11.6 Å². The van der Waals surface area contributed by atoms with Gasteiger partial charge < -0.3 is 10.6 Å². The monoisotopic (exact) mass is 281 g/mol. The molecule has 106 valence electrons.